The third kappa shape index (κ3) is 4.82. The Kier molecular flexibility index (Phi) is 5.48. The van der Waals surface area contributed by atoms with Crippen LogP contribution in [0.2, 0.25) is 5.02 Å². The first kappa shape index (κ1) is 18.4. The van der Waals surface area contributed by atoms with Gasteiger partial charge < -0.3 is 10.4 Å². The van der Waals surface area contributed by atoms with E-state index in [1.807, 2.05) is 4.68 Å². The molecule has 0 saturated heterocycles. The second-order valence-electron chi connectivity index (χ2n) is 6.69. The minimum Gasteiger partial charge on any atom is -0.391 e. The highest BCUT2D eigenvalue weighted by Gasteiger charge is 2.32. The highest BCUT2D eigenvalue weighted by atomic mass is 35.5. The Morgan fingerprint density at radius 3 is 2.64 bits per heavy atom. The molecule has 6 nitrogen and oxygen atoms in total. The van der Waals surface area contributed by atoms with Crippen LogP contribution >= 0.6 is 11.6 Å². The molecule has 2 N–H and O–H groups in total. The molecule has 25 heavy (non-hydrogen) atoms. The van der Waals surface area contributed by atoms with Gasteiger partial charge >= 0.3 is 0 Å². The number of sulfone groups is 1. The quantitative estimate of drug-likeness (QED) is 0.795. The van der Waals surface area contributed by atoms with Gasteiger partial charge in [0.05, 0.1) is 22.2 Å². The number of hydrogen-bond donors (Lipinski definition) is 2. The number of nitrogens with one attached hydrogen (secondary N) is 1. The van der Waals surface area contributed by atoms with Crippen LogP contribution in [-0.4, -0.2) is 41.7 Å². The van der Waals surface area contributed by atoms with E-state index in [0.29, 0.717) is 22.4 Å². The molecule has 1 aliphatic rings. The third-order valence-electron chi connectivity index (χ3n) is 4.59. The minimum absolute atomic E-state index is 0.0191. The van der Waals surface area contributed by atoms with Crippen molar-refractivity contribution in [2.24, 2.45) is 5.92 Å². The third-order valence-corrected chi connectivity index (χ3v) is 5.92. The Labute approximate surface area is 152 Å². The van der Waals surface area contributed by atoms with Gasteiger partial charge in [-0.15, -0.1) is 0 Å². The first-order chi connectivity index (χ1) is 11.8. The van der Waals surface area contributed by atoms with Gasteiger partial charge in [-0.05, 0) is 36.5 Å². The molecule has 0 bridgehead atoms. The zero-order valence-electron chi connectivity index (χ0n) is 14.0. The molecule has 0 spiro atoms. The maximum atomic E-state index is 11.5. The molecular formula is C17H22ClN3O3S. The summed E-state index contributed by atoms with van der Waals surface area (Å²) in [6.45, 7) is 1.33. The van der Waals surface area contributed by atoms with Gasteiger partial charge in [-0.2, -0.15) is 5.10 Å². The number of nitrogens with zero attached hydrogens (tertiary/aromatic N) is 2. The van der Waals surface area contributed by atoms with Gasteiger partial charge in [-0.1, -0.05) is 23.7 Å². The van der Waals surface area contributed by atoms with E-state index in [4.69, 9.17) is 11.6 Å². The van der Waals surface area contributed by atoms with Gasteiger partial charge in [0.1, 0.15) is 0 Å². The normalized spacial score (nSPS) is 23.9. The summed E-state index contributed by atoms with van der Waals surface area (Å²) in [5, 5.41) is 18.4. The Bertz CT molecular complexity index is 820. The fraction of sp³-hybridized carbons (Fsp3) is 0.471. The van der Waals surface area contributed by atoms with Crippen LogP contribution in [-0.2, 0) is 22.9 Å². The summed E-state index contributed by atoms with van der Waals surface area (Å²) >= 11 is 5.88. The van der Waals surface area contributed by atoms with Gasteiger partial charge in [0.15, 0.2) is 9.84 Å². The maximum Gasteiger partial charge on any atom is 0.175 e. The molecule has 8 heteroatoms. The molecule has 0 aliphatic heterocycles. The minimum atomic E-state index is -3.17. The second-order valence-corrected chi connectivity index (χ2v) is 9.14. The lowest BCUT2D eigenvalue weighted by Gasteiger charge is -2.16. The predicted octanol–water partition coefficient (Wildman–Crippen LogP) is 1.87. The van der Waals surface area contributed by atoms with Crippen LogP contribution in [0.3, 0.4) is 0 Å². The van der Waals surface area contributed by atoms with Gasteiger partial charge in [0.25, 0.3) is 0 Å². The Balaban J connectivity index is 1.53. The van der Waals surface area contributed by atoms with Crippen LogP contribution < -0.4 is 5.32 Å². The van der Waals surface area contributed by atoms with E-state index in [9.17, 15) is 13.5 Å². The number of halogens is 1. The average molecular weight is 384 g/mol. The zero-order valence-corrected chi connectivity index (χ0v) is 15.5. The highest BCUT2D eigenvalue weighted by Crippen LogP contribution is 2.28. The van der Waals surface area contributed by atoms with Crippen molar-refractivity contribution in [3.63, 3.8) is 0 Å². The van der Waals surface area contributed by atoms with Crippen molar-refractivity contribution in [1.82, 2.24) is 15.1 Å². The van der Waals surface area contributed by atoms with E-state index in [1.165, 1.54) is 6.26 Å². The zero-order chi connectivity index (χ0) is 18.0. The number of rotatable bonds is 6. The predicted molar refractivity (Wildman–Crippen MR) is 96.1 cm³/mol. The summed E-state index contributed by atoms with van der Waals surface area (Å²) < 4.78 is 24.8. The van der Waals surface area contributed by atoms with Crippen LogP contribution in [0, 0.1) is 5.92 Å². The summed E-state index contributed by atoms with van der Waals surface area (Å²) in [7, 11) is -3.17. The molecule has 3 atom stereocenters. The van der Waals surface area contributed by atoms with Crippen LogP contribution in [0.1, 0.15) is 18.4 Å². The molecular weight excluding hydrogens is 362 g/mol. The largest absolute Gasteiger partial charge is 0.391 e. The molecule has 136 valence electrons. The monoisotopic (exact) mass is 383 g/mol. The lowest BCUT2D eigenvalue weighted by Crippen LogP contribution is -2.35. The lowest BCUT2D eigenvalue weighted by atomic mass is 10.1. The SMILES string of the molecule is CS(=O)(=O)c1ccc(CN[C@@H]2CC(Cn3cc(Cl)cn3)C[C@H]2O)cc1. The summed E-state index contributed by atoms with van der Waals surface area (Å²) in [6, 6.07) is 6.84. The number of aliphatic hydroxyl groups is 1. The molecule has 1 heterocycles. The maximum absolute atomic E-state index is 11.5. The number of hydrogen-bond acceptors (Lipinski definition) is 5. The fourth-order valence-electron chi connectivity index (χ4n) is 3.29. The van der Waals surface area contributed by atoms with E-state index in [1.54, 1.807) is 36.7 Å². The van der Waals surface area contributed by atoms with E-state index in [0.717, 1.165) is 24.9 Å². The van der Waals surface area contributed by atoms with Crippen LogP contribution in [0.5, 0.6) is 0 Å². The van der Waals surface area contributed by atoms with Crippen molar-refractivity contribution in [2.75, 3.05) is 6.26 Å². The number of aliphatic hydroxyl groups excluding tert-OH is 1. The molecule has 1 fully saturated rings. The van der Waals surface area contributed by atoms with Crippen molar-refractivity contribution in [2.45, 2.75) is 43.0 Å². The number of benzene rings is 1. The van der Waals surface area contributed by atoms with E-state index in [2.05, 4.69) is 10.4 Å². The molecule has 0 amide bonds. The summed E-state index contributed by atoms with van der Waals surface area (Å²) in [6.07, 6.45) is 5.79. The van der Waals surface area contributed by atoms with Crippen molar-refractivity contribution < 1.29 is 13.5 Å². The van der Waals surface area contributed by atoms with Gasteiger partial charge in [0.2, 0.25) is 0 Å². The lowest BCUT2D eigenvalue weighted by molar-refractivity contribution is 0.145. The summed E-state index contributed by atoms with van der Waals surface area (Å²) in [5.74, 6) is 0.344. The standard InChI is InChI=1S/C17H22ClN3O3S/c1-25(23,24)15-4-2-12(3-5-15)8-19-16-6-13(7-17(16)22)10-21-11-14(18)9-20-21/h2-5,9,11,13,16-17,19,22H,6-8,10H2,1H3/t13?,16-,17-/m1/s1. The molecule has 2 aromatic rings. The first-order valence-corrected chi connectivity index (χ1v) is 10.5. The van der Waals surface area contributed by atoms with Crippen LogP contribution in [0.15, 0.2) is 41.6 Å². The molecule has 1 saturated carbocycles. The Hall–Kier alpha value is -1.41. The molecule has 0 radical (unpaired) electrons. The first-order valence-electron chi connectivity index (χ1n) is 8.19. The van der Waals surface area contributed by atoms with Crippen molar-refractivity contribution in [1.29, 1.82) is 0 Å². The summed E-state index contributed by atoms with van der Waals surface area (Å²) in [4.78, 5) is 0.315. The molecule has 3 rings (SSSR count). The Morgan fingerprint density at radius 1 is 1.32 bits per heavy atom. The molecule has 1 aromatic heterocycles. The van der Waals surface area contributed by atoms with Crippen LogP contribution in [0.4, 0.5) is 0 Å². The molecule has 1 aliphatic carbocycles. The smallest absolute Gasteiger partial charge is 0.175 e. The van der Waals surface area contributed by atoms with E-state index >= 15 is 0 Å². The highest BCUT2D eigenvalue weighted by molar-refractivity contribution is 7.90. The van der Waals surface area contributed by atoms with E-state index < -0.39 is 15.9 Å². The Morgan fingerprint density at radius 2 is 2.04 bits per heavy atom. The second kappa shape index (κ2) is 7.45. The summed E-state index contributed by atoms with van der Waals surface area (Å²) in [5.41, 5.74) is 0.988. The fourth-order valence-corrected chi connectivity index (χ4v) is 4.08. The number of aromatic nitrogens is 2. The van der Waals surface area contributed by atoms with Gasteiger partial charge in [0, 0.05) is 31.6 Å². The topological polar surface area (TPSA) is 84.2 Å². The van der Waals surface area contributed by atoms with Gasteiger partial charge in [-0.25, -0.2) is 8.42 Å². The van der Waals surface area contributed by atoms with Gasteiger partial charge in [-0.3, -0.25) is 4.68 Å². The molecule has 1 aromatic carbocycles. The van der Waals surface area contributed by atoms with Crippen molar-refractivity contribution in [3.05, 3.63) is 47.2 Å². The average Bonchev–Trinajstić information content (AvgIpc) is 3.10. The van der Waals surface area contributed by atoms with E-state index in [-0.39, 0.29) is 6.04 Å². The van der Waals surface area contributed by atoms with Crippen molar-refractivity contribution >= 4 is 21.4 Å². The van der Waals surface area contributed by atoms with Crippen molar-refractivity contribution in [3.8, 4) is 0 Å². The van der Waals surface area contributed by atoms with Crippen LogP contribution in [0.25, 0.3) is 0 Å². The molecule has 1 unspecified atom stereocenters.